The maximum absolute atomic E-state index is 12.0. The van der Waals surface area contributed by atoms with Gasteiger partial charge in [0.05, 0.1) is 0 Å². The number of rotatable bonds is 14. The van der Waals surface area contributed by atoms with Crippen LogP contribution in [-0.2, 0) is 9.59 Å². The molecule has 23 heavy (non-hydrogen) atoms. The minimum atomic E-state index is -0.899. The van der Waals surface area contributed by atoms with Gasteiger partial charge < -0.3 is 10.6 Å². The van der Waals surface area contributed by atoms with Crippen molar-refractivity contribution in [2.24, 2.45) is 0 Å². The van der Waals surface area contributed by atoms with Crippen LogP contribution < -0.4 is 10.6 Å². The predicted molar refractivity (Wildman–Crippen MR) is 97.3 cm³/mol. The first-order valence-corrected chi connectivity index (χ1v) is 9.17. The molecule has 0 saturated heterocycles. The molecule has 0 saturated carbocycles. The maximum Gasteiger partial charge on any atom is 0.245 e. The Kier molecular flexibility index (Phi) is 12.4. The molecule has 0 aliphatic heterocycles. The molecule has 0 fully saturated rings. The molecule has 2 N–H and O–H groups in total. The van der Waals surface area contributed by atoms with Crippen molar-refractivity contribution >= 4 is 11.8 Å². The van der Waals surface area contributed by atoms with Crippen molar-refractivity contribution in [2.45, 2.75) is 90.5 Å². The first-order chi connectivity index (χ1) is 10.9. The minimum absolute atomic E-state index is 0.149. The van der Waals surface area contributed by atoms with E-state index < -0.39 is 5.54 Å². The Bertz CT molecular complexity index is 351. The van der Waals surface area contributed by atoms with E-state index in [0.717, 1.165) is 12.8 Å². The molecule has 2 amide bonds. The van der Waals surface area contributed by atoms with Crippen molar-refractivity contribution in [3.8, 4) is 0 Å². The van der Waals surface area contributed by atoms with Gasteiger partial charge in [-0.25, -0.2) is 0 Å². The highest BCUT2D eigenvalue weighted by Gasteiger charge is 2.28. The van der Waals surface area contributed by atoms with Gasteiger partial charge in [0.2, 0.25) is 11.8 Å². The lowest BCUT2D eigenvalue weighted by atomic mass is 10.0. The summed E-state index contributed by atoms with van der Waals surface area (Å²) in [4.78, 5) is 23.3. The fraction of sp³-hybridized carbons (Fsp3) is 0.789. The lowest BCUT2D eigenvalue weighted by molar-refractivity contribution is -0.130. The van der Waals surface area contributed by atoms with Crippen LogP contribution in [0.1, 0.15) is 85.0 Å². The molecule has 0 aromatic rings. The van der Waals surface area contributed by atoms with Gasteiger partial charge >= 0.3 is 0 Å². The summed E-state index contributed by atoms with van der Waals surface area (Å²) in [5.74, 6) is -0.479. The van der Waals surface area contributed by atoms with E-state index in [9.17, 15) is 9.59 Å². The zero-order valence-electron chi connectivity index (χ0n) is 15.4. The lowest BCUT2D eigenvalue weighted by Gasteiger charge is -2.24. The number of nitrogens with one attached hydrogen (secondary N) is 2. The number of unbranched alkanes of at least 4 members (excludes halogenated alkanes) is 9. The molecule has 0 aromatic heterocycles. The highest BCUT2D eigenvalue weighted by Crippen LogP contribution is 2.10. The Hall–Kier alpha value is -1.32. The Balaban J connectivity index is 3.55. The molecular formula is C19H36N2O2. The Morgan fingerprint density at radius 3 is 1.87 bits per heavy atom. The average molecular weight is 325 g/mol. The molecule has 0 atom stereocenters. The monoisotopic (exact) mass is 324 g/mol. The van der Waals surface area contributed by atoms with Crippen LogP contribution in [0.25, 0.3) is 0 Å². The van der Waals surface area contributed by atoms with Gasteiger partial charge in [-0.15, -0.1) is 0 Å². The molecule has 0 aliphatic carbocycles. The summed E-state index contributed by atoms with van der Waals surface area (Å²) in [5.41, 5.74) is -0.899. The first kappa shape index (κ1) is 21.7. The molecule has 0 bridgehead atoms. The highest BCUT2D eigenvalue weighted by atomic mass is 16.2. The topological polar surface area (TPSA) is 58.2 Å². The molecule has 0 radical (unpaired) electrons. The van der Waals surface area contributed by atoms with Crippen LogP contribution in [0.5, 0.6) is 0 Å². The summed E-state index contributed by atoms with van der Waals surface area (Å²) in [6.45, 7) is 9.70. The summed E-state index contributed by atoms with van der Waals surface area (Å²) >= 11 is 0. The zero-order valence-corrected chi connectivity index (χ0v) is 15.4. The van der Waals surface area contributed by atoms with Crippen LogP contribution in [0.2, 0.25) is 0 Å². The SMILES string of the molecule is C=CC(=O)NC(C)(C)C(=O)NCCCCCCCCCCCC. The summed E-state index contributed by atoms with van der Waals surface area (Å²) in [5, 5.41) is 5.52. The fourth-order valence-corrected chi connectivity index (χ4v) is 2.45. The maximum atomic E-state index is 12.0. The normalized spacial score (nSPS) is 11.1. The number of amides is 2. The van der Waals surface area contributed by atoms with Crippen LogP contribution in [0, 0.1) is 0 Å². The summed E-state index contributed by atoms with van der Waals surface area (Å²) in [7, 11) is 0. The highest BCUT2D eigenvalue weighted by molar-refractivity contribution is 5.94. The van der Waals surface area contributed by atoms with Gasteiger partial charge in [0, 0.05) is 6.54 Å². The molecule has 0 aromatic carbocycles. The lowest BCUT2D eigenvalue weighted by Crippen LogP contribution is -2.54. The van der Waals surface area contributed by atoms with Crippen molar-refractivity contribution in [3.05, 3.63) is 12.7 Å². The van der Waals surface area contributed by atoms with E-state index in [1.54, 1.807) is 13.8 Å². The van der Waals surface area contributed by atoms with Gasteiger partial charge in [-0.3, -0.25) is 9.59 Å². The number of hydrogen-bond acceptors (Lipinski definition) is 2. The molecule has 4 nitrogen and oxygen atoms in total. The van der Waals surface area contributed by atoms with Crippen LogP contribution in [-0.4, -0.2) is 23.9 Å². The molecular weight excluding hydrogens is 288 g/mol. The Morgan fingerprint density at radius 1 is 0.913 bits per heavy atom. The van der Waals surface area contributed by atoms with E-state index >= 15 is 0 Å². The van der Waals surface area contributed by atoms with Gasteiger partial charge in [-0.1, -0.05) is 71.3 Å². The quantitative estimate of drug-likeness (QED) is 0.373. The van der Waals surface area contributed by atoms with E-state index in [2.05, 4.69) is 24.1 Å². The van der Waals surface area contributed by atoms with Crippen LogP contribution in [0.3, 0.4) is 0 Å². The second-order valence-electron chi connectivity index (χ2n) is 6.76. The van der Waals surface area contributed by atoms with Gasteiger partial charge in [-0.2, -0.15) is 0 Å². The van der Waals surface area contributed by atoms with E-state index in [1.807, 2.05) is 0 Å². The van der Waals surface area contributed by atoms with Crippen molar-refractivity contribution in [2.75, 3.05) is 6.54 Å². The third-order valence-corrected chi connectivity index (χ3v) is 4.00. The molecule has 0 unspecified atom stereocenters. The van der Waals surface area contributed by atoms with Gasteiger partial charge in [0.25, 0.3) is 0 Å². The van der Waals surface area contributed by atoms with Gasteiger partial charge in [0.15, 0.2) is 0 Å². The second-order valence-corrected chi connectivity index (χ2v) is 6.76. The van der Waals surface area contributed by atoms with Gasteiger partial charge in [0.1, 0.15) is 5.54 Å². The summed E-state index contributed by atoms with van der Waals surface area (Å²) < 4.78 is 0. The summed E-state index contributed by atoms with van der Waals surface area (Å²) in [6, 6.07) is 0. The van der Waals surface area contributed by atoms with Crippen LogP contribution in [0.4, 0.5) is 0 Å². The van der Waals surface area contributed by atoms with Crippen molar-refractivity contribution in [3.63, 3.8) is 0 Å². The minimum Gasteiger partial charge on any atom is -0.354 e. The zero-order chi connectivity index (χ0) is 17.6. The van der Waals surface area contributed by atoms with Crippen LogP contribution in [0.15, 0.2) is 12.7 Å². The molecule has 0 heterocycles. The number of hydrogen-bond donors (Lipinski definition) is 2. The molecule has 0 spiro atoms. The third kappa shape index (κ3) is 11.8. The first-order valence-electron chi connectivity index (χ1n) is 9.17. The third-order valence-electron chi connectivity index (χ3n) is 4.00. The van der Waals surface area contributed by atoms with Crippen molar-refractivity contribution < 1.29 is 9.59 Å². The van der Waals surface area contributed by atoms with E-state index in [-0.39, 0.29) is 11.8 Å². The second kappa shape index (κ2) is 13.1. The number of carbonyl (C=O) groups is 2. The largest absolute Gasteiger partial charge is 0.354 e. The number of carbonyl (C=O) groups excluding carboxylic acids is 2. The van der Waals surface area contributed by atoms with E-state index in [1.165, 1.54) is 57.4 Å². The standard InChI is InChI=1S/C19H36N2O2/c1-5-7-8-9-10-11-12-13-14-15-16-20-18(23)19(3,4)21-17(22)6-2/h6H,2,5,7-16H2,1,3-4H3,(H,20,23)(H,21,22). The molecule has 0 rings (SSSR count). The Morgan fingerprint density at radius 2 is 1.39 bits per heavy atom. The Labute approximate surface area is 142 Å². The van der Waals surface area contributed by atoms with E-state index in [0.29, 0.717) is 6.54 Å². The van der Waals surface area contributed by atoms with E-state index in [4.69, 9.17) is 0 Å². The van der Waals surface area contributed by atoms with Crippen LogP contribution >= 0.6 is 0 Å². The smallest absolute Gasteiger partial charge is 0.245 e. The summed E-state index contributed by atoms with van der Waals surface area (Å²) in [6.07, 6.45) is 13.9. The van der Waals surface area contributed by atoms with Crippen molar-refractivity contribution in [1.82, 2.24) is 10.6 Å². The molecule has 4 heteroatoms. The molecule has 0 aliphatic rings. The molecule has 134 valence electrons. The fourth-order valence-electron chi connectivity index (χ4n) is 2.45. The van der Waals surface area contributed by atoms with Crippen molar-refractivity contribution in [1.29, 1.82) is 0 Å². The van der Waals surface area contributed by atoms with Gasteiger partial charge in [-0.05, 0) is 26.3 Å². The average Bonchev–Trinajstić information content (AvgIpc) is 2.51. The predicted octanol–water partition coefficient (Wildman–Crippen LogP) is 4.10.